The number of carbonyl (C=O) groups is 3. The lowest BCUT2D eigenvalue weighted by atomic mass is 10.1. The van der Waals surface area contributed by atoms with Crippen LogP contribution in [0.4, 0.5) is 23.7 Å². The molecule has 4 amide bonds. The molecule has 28 heavy (non-hydrogen) atoms. The lowest BCUT2D eigenvalue weighted by Gasteiger charge is -2.29. The Balaban J connectivity index is 1.82. The van der Waals surface area contributed by atoms with Crippen LogP contribution in [0, 0.1) is 0 Å². The highest BCUT2D eigenvalue weighted by molar-refractivity contribution is 6.24. The van der Waals surface area contributed by atoms with E-state index in [1.165, 1.54) is 24.3 Å². The van der Waals surface area contributed by atoms with Gasteiger partial charge in [-0.2, -0.15) is 13.2 Å². The van der Waals surface area contributed by atoms with Crippen molar-refractivity contribution in [1.29, 1.82) is 0 Å². The van der Waals surface area contributed by atoms with E-state index >= 15 is 0 Å². The highest BCUT2D eigenvalue weighted by Gasteiger charge is 2.69. The smallest absolute Gasteiger partial charge is 0.318 e. The summed E-state index contributed by atoms with van der Waals surface area (Å²) in [6.07, 6.45) is -5.33. The maximum Gasteiger partial charge on any atom is 0.440 e. The van der Waals surface area contributed by atoms with Gasteiger partial charge in [0.25, 0.3) is 11.6 Å². The third kappa shape index (κ3) is 3.55. The van der Waals surface area contributed by atoms with Crippen LogP contribution in [0.25, 0.3) is 0 Å². The Kier molecular flexibility index (Phi) is 5.08. The van der Waals surface area contributed by atoms with Gasteiger partial charge in [-0.25, -0.2) is 9.69 Å². The maximum atomic E-state index is 13.8. The van der Waals surface area contributed by atoms with Gasteiger partial charge < -0.3 is 5.32 Å². The van der Waals surface area contributed by atoms with Crippen LogP contribution in [0.3, 0.4) is 0 Å². The van der Waals surface area contributed by atoms with Gasteiger partial charge in [-0.3, -0.25) is 14.9 Å². The molecule has 2 aromatic carbocycles. The minimum Gasteiger partial charge on any atom is -0.318 e. The number of urea groups is 1. The van der Waals surface area contributed by atoms with E-state index in [9.17, 15) is 27.6 Å². The average molecular weight is 391 g/mol. The van der Waals surface area contributed by atoms with Crippen LogP contribution in [0.15, 0.2) is 60.7 Å². The molecule has 0 unspecified atom stereocenters. The molecule has 0 saturated carbocycles. The topological polar surface area (TPSA) is 78.5 Å². The summed E-state index contributed by atoms with van der Waals surface area (Å²) < 4.78 is 41.3. The number of aryl methyl sites for hydroxylation is 1. The molecule has 2 N–H and O–H groups in total. The summed E-state index contributed by atoms with van der Waals surface area (Å²) in [7, 11) is 0. The van der Waals surface area contributed by atoms with Gasteiger partial charge in [0, 0.05) is 6.42 Å². The summed E-state index contributed by atoms with van der Waals surface area (Å²) in [6, 6.07) is 14.6. The van der Waals surface area contributed by atoms with Crippen LogP contribution in [-0.2, 0) is 16.0 Å². The standard InChI is InChI=1S/C19H16F3N3O3/c20-19(21,22)18(23-15(26)12-11-13-7-3-1-4-8-13)16(27)25(17(28)24-18)14-9-5-2-6-10-14/h1-10H,11-12H2,(H,23,26)(H,24,28)/t18-/m1/s1. The van der Waals surface area contributed by atoms with Crippen molar-refractivity contribution < 1.29 is 27.6 Å². The van der Waals surface area contributed by atoms with Gasteiger partial charge in [0.15, 0.2) is 0 Å². The van der Waals surface area contributed by atoms with Gasteiger partial charge in [-0.15, -0.1) is 0 Å². The monoisotopic (exact) mass is 391 g/mol. The van der Waals surface area contributed by atoms with E-state index < -0.39 is 29.7 Å². The molecule has 9 heteroatoms. The van der Waals surface area contributed by atoms with Gasteiger partial charge in [-0.1, -0.05) is 48.5 Å². The number of imide groups is 1. The summed E-state index contributed by atoms with van der Waals surface area (Å²) in [5.74, 6) is -2.62. The lowest BCUT2D eigenvalue weighted by molar-refractivity contribution is -0.201. The second-order valence-corrected chi connectivity index (χ2v) is 6.19. The molecular formula is C19H16F3N3O3. The molecule has 3 rings (SSSR count). The average Bonchev–Trinajstić information content (AvgIpc) is 2.92. The third-order valence-corrected chi connectivity index (χ3v) is 4.27. The third-order valence-electron chi connectivity index (χ3n) is 4.27. The van der Waals surface area contributed by atoms with Gasteiger partial charge in [-0.05, 0) is 24.1 Å². The minimum absolute atomic E-state index is 0.0327. The number of amides is 4. The second kappa shape index (κ2) is 7.34. The van der Waals surface area contributed by atoms with Crippen LogP contribution >= 0.6 is 0 Å². The summed E-state index contributed by atoms with van der Waals surface area (Å²) in [4.78, 5) is 37.3. The van der Waals surface area contributed by atoms with Crippen molar-refractivity contribution in [2.45, 2.75) is 24.7 Å². The van der Waals surface area contributed by atoms with E-state index in [-0.39, 0.29) is 18.5 Å². The first-order valence-corrected chi connectivity index (χ1v) is 8.38. The van der Waals surface area contributed by atoms with Gasteiger partial charge in [0.1, 0.15) is 0 Å². The van der Waals surface area contributed by atoms with Crippen LogP contribution in [0.1, 0.15) is 12.0 Å². The predicted octanol–water partition coefficient (Wildman–Crippen LogP) is 2.75. The highest BCUT2D eigenvalue weighted by Crippen LogP contribution is 2.35. The van der Waals surface area contributed by atoms with Gasteiger partial charge >= 0.3 is 12.2 Å². The number of anilines is 1. The normalized spacial score (nSPS) is 19.5. The fraction of sp³-hybridized carbons (Fsp3) is 0.211. The van der Waals surface area contributed by atoms with E-state index in [0.717, 1.165) is 5.56 Å². The summed E-state index contributed by atoms with van der Waals surface area (Å²) in [5, 5.41) is 3.31. The largest absolute Gasteiger partial charge is 0.440 e. The molecule has 1 atom stereocenters. The number of rotatable bonds is 5. The fourth-order valence-corrected chi connectivity index (χ4v) is 2.86. The Hall–Kier alpha value is -3.36. The SMILES string of the molecule is O=C(CCc1ccccc1)N[C@@]1(C(F)(F)F)NC(=O)N(c2ccccc2)C1=O. The predicted molar refractivity (Wildman–Crippen MR) is 94.2 cm³/mol. The molecule has 6 nitrogen and oxygen atoms in total. The van der Waals surface area contributed by atoms with Crippen LogP contribution in [-0.4, -0.2) is 29.7 Å². The second-order valence-electron chi connectivity index (χ2n) is 6.19. The molecular weight excluding hydrogens is 375 g/mol. The molecule has 1 saturated heterocycles. The van der Waals surface area contributed by atoms with Gasteiger partial charge in [0.05, 0.1) is 5.69 Å². The Morgan fingerprint density at radius 1 is 1.00 bits per heavy atom. The zero-order valence-electron chi connectivity index (χ0n) is 14.5. The van der Waals surface area contributed by atoms with Crippen molar-refractivity contribution in [3.63, 3.8) is 0 Å². The molecule has 0 aliphatic carbocycles. The highest BCUT2D eigenvalue weighted by atomic mass is 19.4. The van der Waals surface area contributed by atoms with Crippen molar-refractivity contribution in [3.05, 3.63) is 66.2 Å². The number of benzene rings is 2. The summed E-state index contributed by atoms with van der Waals surface area (Å²) >= 11 is 0. The van der Waals surface area contributed by atoms with Crippen LogP contribution in [0.5, 0.6) is 0 Å². The van der Waals surface area contributed by atoms with E-state index in [4.69, 9.17) is 0 Å². The summed E-state index contributed by atoms with van der Waals surface area (Å²) in [5.41, 5.74) is -2.78. The number of alkyl halides is 3. The van der Waals surface area contributed by atoms with Crippen molar-refractivity contribution in [1.82, 2.24) is 10.6 Å². The zero-order valence-corrected chi connectivity index (χ0v) is 14.5. The number of carbonyl (C=O) groups excluding carboxylic acids is 3. The molecule has 1 aliphatic heterocycles. The van der Waals surface area contributed by atoms with E-state index in [2.05, 4.69) is 0 Å². The number of halogens is 3. The maximum absolute atomic E-state index is 13.8. The molecule has 2 aromatic rings. The van der Waals surface area contributed by atoms with Crippen LogP contribution < -0.4 is 15.5 Å². The van der Waals surface area contributed by atoms with Crippen molar-refractivity contribution in [2.75, 3.05) is 4.90 Å². The minimum atomic E-state index is -5.23. The van der Waals surface area contributed by atoms with Crippen molar-refractivity contribution >= 4 is 23.5 Å². The molecule has 1 heterocycles. The number of para-hydroxylation sites is 1. The van der Waals surface area contributed by atoms with E-state index in [0.29, 0.717) is 4.90 Å². The zero-order chi connectivity index (χ0) is 20.4. The fourth-order valence-electron chi connectivity index (χ4n) is 2.86. The Labute approximate surface area is 158 Å². The molecule has 1 aliphatic rings. The Morgan fingerprint density at radius 2 is 1.57 bits per heavy atom. The number of hydrogen-bond acceptors (Lipinski definition) is 3. The molecule has 0 aromatic heterocycles. The number of nitrogens with one attached hydrogen (secondary N) is 2. The molecule has 0 radical (unpaired) electrons. The van der Waals surface area contributed by atoms with E-state index in [1.54, 1.807) is 47.0 Å². The van der Waals surface area contributed by atoms with Crippen molar-refractivity contribution in [3.8, 4) is 0 Å². The van der Waals surface area contributed by atoms with Crippen LogP contribution in [0.2, 0.25) is 0 Å². The Morgan fingerprint density at radius 3 is 2.14 bits per heavy atom. The first kappa shape index (κ1) is 19.4. The van der Waals surface area contributed by atoms with E-state index in [1.807, 2.05) is 0 Å². The first-order valence-electron chi connectivity index (χ1n) is 8.38. The molecule has 0 bridgehead atoms. The molecule has 1 fully saturated rings. The van der Waals surface area contributed by atoms with Gasteiger partial charge in [0.2, 0.25) is 5.91 Å². The molecule has 146 valence electrons. The number of hydrogen-bond donors (Lipinski definition) is 2. The number of nitrogens with zero attached hydrogens (tertiary/aromatic N) is 1. The summed E-state index contributed by atoms with van der Waals surface area (Å²) in [6.45, 7) is 0. The molecule has 0 spiro atoms. The van der Waals surface area contributed by atoms with Crippen molar-refractivity contribution in [2.24, 2.45) is 0 Å². The lowest BCUT2D eigenvalue weighted by Crippen LogP contribution is -2.69. The first-order chi connectivity index (χ1) is 13.2. The Bertz CT molecular complexity index is 888. The quantitative estimate of drug-likeness (QED) is 0.770.